The van der Waals surface area contributed by atoms with Crippen molar-refractivity contribution in [1.29, 1.82) is 0 Å². The zero-order chi connectivity index (χ0) is 28.0. The topological polar surface area (TPSA) is 96.0 Å². The van der Waals surface area contributed by atoms with Gasteiger partial charge in [-0.05, 0) is 86.9 Å². The van der Waals surface area contributed by atoms with Gasteiger partial charge in [0.05, 0.1) is 11.4 Å². The van der Waals surface area contributed by atoms with Crippen LogP contribution in [-0.4, -0.2) is 47.3 Å². The second-order valence-corrected chi connectivity index (χ2v) is 13.9. The Morgan fingerprint density at radius 2 is 1.68 bits per heavy atom. The molecule has 214 valence electrons. The molecule has 0 heterocycles. The van der Waals surface area contributed by atoms with E-state index in [1.165, 1.54) is 13.8 Å². The van der Waals surface area contributed by atoms with Gasteiger partial charge in [0.2, 0.25) is 0 Å². The molecule has 38 heavy (non-hydrogen) atoms. The number of ether oxygens (including phenoxy) is 3. The van der Waals surface area contributed by atoms with Crippen LogP contribution in [0.4, 0.5) is 0 Å². The Hall–Kier alpha value is -1.44. The molecule has 0 aromatic rings. The third-order valence-electron chi connectivity index (χ3n) is 11.0. The van der Waals surface area contributed by atoms with Crippen LogP contribution in [0.5, 0.6) is 0 Å². The fourth-order valence-electron chi connectivity index (χ4n) is 9.31. The second kappa shape index (κ2) is 11.2. The molecule has 0 aromatic heterocycles. The van der Waals surface area contributed by atoms with Gasteiger partial charge in [0.1, 0.15) is 18.0 Å². The number of carbonyl (C=O) groups excluding carboxylic acids is 4. The number of hydrogen-bond donors (Lipinski definition) is 0. The van der Waals surface area contributed by atoms with Gasteiger partial charge in [-0.15, -0.1) is 0 Å². The number of fused-ring (bicyclic) bond motifs is 5. The van der Waals surface area contributed by atoms with Gasteiger partial charge < -0.3 is 14.2 Å². The summed E-state index contributed by atoms with van der Waals surface area (Å²) < 4.78 is 16.9. The first-order valence-electron chi connectivity index (χ1n) is 14.5. The zero-order valence-corrected chi connectivity index (χ0v) is 25.4. The van der Waals surface area contributed by atoms with Crippen molar-refractivity contribution >= 4 is 39.6 Å². The van der Waals surface area contributed by atoms with Crippen LogP contribution in [0.2, 0.25) is 0 Å². The van der Waals surface area contributed by atoms with Crippen molar-refractivity contribution in [2.45, 2.75) is 110 Å². The van der Waals surface area contributed by atoms with E-state index in [-0.39, 0.29) is 87.1 Å². The summed E-state index contributed by atoms with van der Waals surface area (Å²) in [5, 5.41) is 0. The number of ketones is 1. The Morgan fingerprint density at radius 3 is 2.32 bits per heavy atom. The molecule has 0 radical (unpaired) electrons. The molecule has 4 fully saturated rings. The van der Waals surface area contributed by atoms with Gasteiger partial charge >= 0.3 is 17.9 Å². The fraction of sp³-hybridized carbons (Fsp3) is 0.867. The van der Waals surface area contributed by atoms with Crippen molar-refractivity contribution in [3.8, 4) is 0 Å². The van der Waals surface area contributed by atoms with Gasteiger partial charge in [0.15, 0.2) is 0 Å². The highest BCUT2D eigenvalue weighted by atomic mass is 79.9. The Morgan fingerprint density at radius 1 is 1.00 bits per heavy atom. The highest BCUT2D eigenvalue weighted by molar-refractivity contribution is 9.10. The van der Waals surface area contributed by atoms with Gasteiger partial charge in [-0.3, -0.25) is 19.2 Å². The lowest BCUT2D eigenvalue weighted by atomic mass is 9.43. The third-order valence-corrected chi connectivity index (χ3v) is 12.1. The molecule has 0 saturated heterocycles. The molecular formula is C30H45BrO7. The maximum atomic E-state index is 14.1. The molecule has 0 N–H and O–H groups in total. The molecular weight excluding hydrogens is 552 g/mol. The van der Waals surface area contributed by atoms with Crippen LogP contribution in [0.1, 0.15) is 92.9 Å². The van der Waals surface area contributed by atoms with E-state index in [0.29, 0.717) is 25.9 Å². The number of hydrogen-bond acceptors (Lipinski definition) is 7. The van der Waals surface area contributed by atoms with Crippen molar-refractivity contribution in [3.63, 3.8) is 0 Å². The molecule has 0 amide bonds. The molecule has 11 atom stereocenters. The minimum absolute atomic E-state index is 0.0670. The van der Waals surface area contributed by atoms with Crippen LogP contribution < -0.4 is 0 Å². The standard InChI is InChI=1S/C30H45BrO7/c1-7-36-25(34)11-8-16(2)20-9-10-21-26-22(15-24(30(20,21)6)38-18(4)33)29(5)13-12-19(37-17(3)32)14-23(29)27(31)28(26)35/h16,19-24,26-27H,7-15H2,1-6H3/t16-,19-,20-,21+,22+,23+,24+,26+,27-,29-,30-/m1/s1. The molecule has 4 aliphatic carbocycles. The van der Waals surface area contributed by atoms with E-state index < -0.39 is 0 Å². The average Bonchev–Trinajstić information content (AvgIpc) is 3.20. The fourth-order valence-corrected chi connectivity index (χ4v) is 10.4. The first-order valence-corrected chi connectivity index (χ1v) is 15.4. The first-order chi connectivity index (χ1) is 17.8. The third kappa shape index (κ3) is 5.08. The van der Waals surface area contributed by atoms with E-state index >= 15 is 0 Å². The smallest absolute Gasteiger partial charge is 0.305 e. The van der Waals surface area contributed by atoms with Gasteiger partial charge in [-0.25, -0.2) is 0 Å². The lowest BCUT2D eigenvalue weighted by Crippen LogP contribution is -2.64. The van der Waals surface area contributed by atoms with Crippen LogP contribution in [0.3, 0.4) is 0 Å². The minimum Gasteiger partial charge on any atom is -0.466 e. The molecule has 4 aliphatic rings. The van der Waals surface area contributed by atoms with Gasteiger partial charge in [-0.2, -0.15) is 0 Å². The highest BCUT2D eigenvalue weighted by Crippen LogP contribution is 2.68. The van der Waals surface area contributed by atoms with E-state index in [0.717, 1.165) is 32.1 Å². The summed E-state index contributed by atoms with van der Waals surface area (Å²) >= 11 is 3.83. The number of alkyl halides is 1. The van der Waals surface area contributed by atoms with Gasteiger partial charge in [0.25, 0.3) is 0 Å². The molecule has 4 saturated carbocycles. The van der Waals surface area contributed by atoms with Crippen LogP contribution in [0.15, 0.2) is 0 Å². The summed E-state index contributed by atoms with van der Waals surface area (Å²) in [4.78, 5) is 50.0. The summed E-state index contributed by atoms with van der Waals surface area (Å²) in [6.07, 6.45) is 5.56. The zero-order valence-electron chi connectivity index (χ0n) is 23.8. The van der Waals surface area contributed by atoms with Crippen molar-refractivity contribution in [1.82, 2.24) is 0 Å². The Bertz CT molecular complexity index is 951. The number of halogens is 1. The Kier molecular flexibility index (Phi) is 8.71. The number of esters is 3. The quantitative estimate of drug-likeness (QED) is 0.213. The predicted octanol–water partition coefficient (Wildman–Crippen LogP) is 5.65. The second-order valence-electron chi connectivity index (χ2n) is 12.9. The molecule has 0 bridgehead atoms. The monoisotopic (exact) mass is 596 g/mol. The summed E-state index contributed by atoms with van der Waals surface area (Å²) in [6, 6.07) is 0. The van der Waals surface area contributed by atoms with Crippen LogP contribution >= 0.6 is 15.9 Å². The number of Topliss-reactive ketones (excluding diaryl/α,β-unsaturated/α-hetero) is 1. The van der Waals surface area contributed by atoms with Crippen LogP contribution in [0.25, 0.3) is 0 Å². The van der Waals surface area contributed by atoms with Crippen molar-refractivity contribution in [2.24, 2.45) is 46.3 Å². The summed E-state index contributed by atoms with van der Waals surface area (Å²) in [5.41, 5.74) is -0.446. The summed E-state index contributed by atoms with van der Waals surface area (Å²) in [6.45, 7) is 11.9. The van der Waals surface area contributed by atoms with E-state index in [9.17, 15) is 19.2 Å². The molecule has 0 aliphatic heterocycles. The van der Waals surface area contributed by atoms with Crippen LogP contribution in [-0.2, 0) is 33.4 Å². The molecule has 4 rings (SSSR count). The predicted molar refractivity (Wildman–Crippen MR) is 145 cm³/mol. The molecule has 8 heteroatoms. The lowest BCUT2D eigenvalue weighted by molar-refractivity contribution is -0.196. The van der Waals surface area contributed by atoms with Gasteiger partial charge in [0, 0.05) is 31.6 Å². The van der Waals surface area contributed by atoms with E-state index in [1.807, 2.05) is 6.92 Å². The molecule has 0 unspecified atom stereocenters. The number of rotatable bonds is 7. The highest BCUT2D eigenvalue weighted by Gasteiger charge is 2.68. The van der Waals surface area contributed by atoms with Gasteiger partial charge in [-0.1, -0.05) is 36.7 Å². The summed E-state index contributed by atoms with van der Waals surface area (Å²) in [7, 11) is 0. The lowest BCUT2D eigenvalue weighted by Gasteiger charge is -2.63. The van der Waals surface area contributed by atoms with Crippen molar-refractivity contribution in [2.75, 3.05) is 6.61 Å². The van der Waals surface area contributed by atoms with Crippen molar-refractivity contribution in [3.05, 3.63) is 0 Å². The average molecular weight is 598 g/mol. The van der Waals surface area contributed by atoms with Crippen molar-refractivity contribution < 1.29 is 33.4 Å². The first kappa shape index (κ1) is 29.5. The maximum absolute atomic E-state index is 14.1. The Balaban J connectivity index is 1.64. The van der Waals surface area contributed by atoms with E-state index in [4.69, 9.17) is 14.2 Å². The number of carbonyl (C=O) groups is 4. The van der Waals surface area contributed by atoms with E-state index in [1.54, 1.807) is 0 Å². The normalized spacial score (nSPS) is 42.8. The minimum atomic E-state index is -0.332. The largest absolute Gasteiger partial charge is 0.466 e. The van der Waals surface area contributed by atoms with Crippen LogP contribution in [0, 0.1) is 46.3 Å². The molecule has 7 nitrogen and oxygen atoms in total. The molecule has 0 aromatic carbocycles. The Labute approximate surface area is 235 Å². The molecule has 0 spiro atoms. The summed E-state index contributed by atoms with van der Waals surface area (Å²) in [5.74, 6) is 0.235. The maximum Gasteiger partial charge on any atom is 0.305 e. The van der Waals surface area contributed by atoms with E-state index in [2.05, 4.69) is 36.7 Å². The SMILES string of the molecule is CCOC(=O)CC[C@@H](C)[C@H]1CC[C@H]2[C@@H]3C(=O)[C@H](Br)[C@@H]4C[C@H](OC(C)=O)CC[C@]4(C)[C@H]3C[C@H](OC(C)=O)[C@]12C.